The first-order valence-electron chi connectivity index (χ1n) is 4.03. The topological polar surface area (TPSA) is 43.8 Å². The number of nitrogens with zero attached hydrogens (tertiary/aromatic N) is 2. The molecule has 4 heteroatoms. The van der Waals surface area contributed by atoms with Crippen molar-refractivity contribution < 1.29 is 4.39 Å². The quantitative estimate of drug-likeness (QED) is 0.747. The highest BCUT2D eigenvalue weighted by Gasteiger charge is 2.10. The number of rotatable bonds is 3. The van der Waals surface area contributed by atoms with Gasteiger partial charge in [-0.2, -0.15) is 5.10 Å². The highest BCUT2D eigenvalue weighted by molar-refractivity contribution is 5.08. The Balaban J connectivity index is 2.77. The van der Waals surface area contributed by atoms with Crippen LogP contribution in [-0.4, -0.2) is 16.3 Å². The Morgan fingerprint density at radius 2 is 2.33 bits per heavy atom. The van der Waals surface area contributed by atoms with Gasteiger partial charge in [0, 0.05) is 24.3 Å². The Morgan fingerprint density at radius 1 is 1.67 bits per heavy atom. The molecule has 2 N–H and O–H groups in total. The zero-order valence-corrected chi connectivity index (χ0v) is 7.37. The Labute approximate surface area is 71.4 Å². The minimum atomic E-state index is -1.09. The largest absolute Gasteiger partial charge is 0.327 e. The summed E-state index contributed by atoms with van der Waals surface area (Å²) in [5, 5.41) is 4.01. The van der Waals surface area contributed by atoms with Gasteiger partial charge in [0.25, 0.3) is 0 Å². The predicted molar refractivity (Wildman–Crippen MR) is 45.5 cm³/mol. The van der Waals surface area contributed by atoms with Crippen LogP contribution in [0.3, 0.4) is 0 Å². The molecule has 0 saturated carbocycles. The summed E-state index contributed by atoms with van der Waals surface area (Å²) in [5.74, 6) is 0. The van der Waals surface area contributed by atoms with Crippen molar-refractivity contribution in [1.82, 2.24) is 9.78 Å². The van der Waals surface area contributed by atoms with Crippen LogP contribution in [0.25, 0.3) is 0 Å². The molecule has 0 spiro atoms. The zero-order valence-electron chi connectivity index (χ0n) is 7.37. The number of hydrogen-bond acceptors (Lipinski definition) is 2. The maximum atomic E-state index is 13.0. The van der Waals surface area contributed by atoms with Crippen LogP contribution in [0.1, 0.15) is 31.6 Å². The maximum absolute atomic E-state index is 13.0. The lowest BCUT2D eigenvalue weighted by Gasteiger charge is -2.03. The number of hydrogen-bond donors (Lipinski definition) is 1. The van der Waals surface area contributed by atoms with E-state index in [-0.39, 0.29) is 12.6 Å². The normalized spacial score (nSPS) is 13.8. The van der Waals surface area contributed by atoms with Crippen LogP contribution in [0.4, 0.5) is 4.39 Å². The summed E-state index contributed by atoms with van der Waals surface area (Å²) in [5.41, 5.74) is 5.74. The highest BCUT2D eigenvalue weighted by atomic mass is 19.1. The van der Waals surface area contributed by atoms with Crippen molar-refractivity contribution in [2.45, 2.75) is 26.1 Å². The van der Waals surface area contributed by atoms with E-state index in [1.165, 1.54) is 6.20 Å². The first-order valence-corrected chi connectivity index (χ1v) is 4.03. The monoisotopic (exact) mass is 171 g/mol. The molecule has 1 rings (SSSR count). The fourth-order valence-electron chi connectivity index (χ4n) is 0.933. The van der Waals surface area contributed by atoms with E-state index in [1.54, 1.807) is 10.9 Å². The zero-order chi connectivity index (χ0) is 9.14. The second-order valence-electron chi connectivity index (χ2n) is 3.05. The fraction of sp³-hybridized carbons (Fsp3) is 0.625. The Bertz CT molecular complexity index is 244. The Morgan fingerprint density at radius 3 is 2.75 bits per heavy atom. The third-order valence-electron chi connectivity index (χ3n) is 1.72. The summed E-state index contributed by atoms with van der Waals surface area (Å²) in [4.78, 5) is 0. The number of halogens is 1. The SMILES string of the molecule is CC(C)n1cc(C(F)CN)cn1. The molecule has 0 fully saturated rings. The molecule has 1 atom stereocenters. The van der Waals surface area contributed by atoms with Crippen molar-refractivity contribution in [3.05, 3.63) is 18.0 Å². The van der Waals surface area contributed by atoms with E-state index in [0.717, 1.165) is 0 Å². The summed E-state index contributed by atoms with van der Waals surface area (Å²) >= 11 is 0. The summed E-state index contributed by atoms with van der Waals surface area (Å²) in [7, 11) is 0. The second kappa shape index (κ2) is 3.67. The molecule has 3 nitrogen and oxygen atoms in total. The van der Waals surface area contributed by atoms with Crippen molar-refractivity contribution in [2.24, 2.45) is 5.73 Å². The van der Waals surface area contributed by atoms with Crippen LogP contribution < -0.4 is 5.73 Å². The van der Waals surface area contributed by atoms with Crippen molar-refractivity contribution in [1.29, 1.82) is 0 Å². The molecule has 0 bridgehead atoms. The number of nitrogens with two attached hydrogens (primary N) is 1. The van der Waals surface area contributed by atoms with Crippen molar-refractivity contribution in [3.63, 3.8) is 0 Å². The maximum Gasteiger partial charge on any atom is 0.140 e. The van der Waals surface area contributed by atoms with Crippen LogP contribution in [-0.2, 0) is 0 Å². The van der Waals surface area contributed by atoms with Gasteiger partial charge in [-0.15, -0.1) is 0 Å². The molecule has 1 aromatic heterocycles. The number of alkyl halides is 1. The molecule has 1 unspecified atom stereocenters. The molecule has 12 heavy (non-hydrogen) atoms. The lowest BCUT2D eigenvalue weighted by molar-refractivity contribution is 0.352. The van der Waals surface area contributed by atoms with Gasteiger partial charge in [-0.25, -0.2) is 4.39 Å². The first kappa shape index (κ1) is 9.19. The van der Waals surface area contributed by atoms with Crippen molar-refractivity contribution >= 4 is 0 Å². The van der Waals surface area contributed by atoms with Gasteiger partial charge in [0.1, 0.15) is 6.17 Å². The lowest BCUT2D eigenvalue weighted by Crippen LogP contribution is -2.07. The average molecular weight is 171 g/mol. The van der Waals surface area contributed by atoms with Gasteiger partial charge in [0.05, 0.1) is 6.20 Å². The molecular weight excluding hydrogens is 157 g/mol. The fourth-order valence-corrected chi connectivity index (χ4v) is 0.933. The summed E-state index contributed by atoms with van der Waals surface area (Å²) in [6.45, 7) is 4.00. The van der Waals surface area contributed by atoms with Crippen LogP contribution in [0.2, 0.25) is 0 Å². The third-order valence-corrected chi connectivity index (χ3v) is 1.72. The van der Waals surface area contributed by atoms with E-state index in [4.69, 9.17) is 5.73 Å². The van der Waals surface area contributed by atoms with Crippen molar-refractivity contribution in [2.75, 3.05) is 6.54 Å². The minimum absolute atomic E-state index is 0.0176. The summed E-state index contributed by atoms with van der Waals surface area (Å²) in [6, 6.07) is 0.267. The first-order chi connectivity index (χ1) is 5.65. The highest BCUT2D eigenvalue weighted by Crippen LogP contribution is 2.16. The van der Waals surface area contributed by atoms with E-state index in [1.807, 2.05) is 13.8 Å². The molecule has 0 aliphatic heterocycles. The van der Waals surface area contributed by atoms with E-state index < -0.39 is 6.17 Å². The molecule has 1 heterocycles. The molecule has 0 aromatic carbocycles. The molecule has 0 saturated heterocycles. The molecule has 0 amide bonds. The molecular formula is C8H14FN3. The van der Waals surface area contributed by atoms with E-state index in [2.05, 4.69) is 5.10 Å². The second-order valence-corrected chi connectivity index (χ2v) is 3.05. The van der Waals surface area contributed by atoms with Crippen LogP contribution in [0, 0.1) is 0 Å². The summed E-state index contributed by atoms with van der Waals surface area (Å²) in [6.07, 6.45) is 2.14. The standard InChI is InChI=1S/C8H14FN3/c1-6(2)12-5-7(4-11-12)8(9)3-10/h4-6,8H,3,10H2,1-2H3. The molecule has 0 aliphatic carbocycles. The summed E-state index contributed by atoms with van der Waals surface area (Å²) < 4.78 is 14.7. The minimum Gasteiger partial charge on any atom is -0.327 e. The van der Waals surface area contributed by atoms with Gasteiger partial charge in [0.2, 0.25) is 0 Å². The Kier molecular flexibility index (Phi) is 2.81. The molecule has 68 valence electrons. The van der Waals surface area contributed by atoms with Gasteiger partial charge in [-0.1, -0.05) is 0 Å². The smallest absolute Gasteiger partial charge is 0.140 e. The van der Waals surface area contributed by atoms with E-state index in [9.17, 15) is 4.39 Å². The lowest BCUT2D eigenvalue weighted by atomic mass is 10.2. The van der Waals surface area contributed by atoms with Crippen LogP contribution >= 0.6 is 0 Å². The molecule has 1 aromatic rings. The van der Waals surface area contributed by atoms with Crippen molar-refractivity contribution in [3.8, 4) is 0 Å². The van der Waals surface area contributed by atoms with Crippen LogP contribution in [0.5, 0.6) is 0 Å². The van der Waals surface area contributed by atoms with Gasteiger partial charge < -0.3 is 5.73 Å². The van der Waals surface area contributed by atoms with E-state index >= 15 is 0 Å². The van der Waals surface area contributed by atoms with E-state index in [0.29, 0.717) is 5.56 Å². The van der Waals surface area contributed by atoms with Crippen LogP contribution in [0.15, 0.2) is 12.4 Å². The molecule has 0 aliphatic rings. The van der Waals surface area contributed by atoms with Gasteiger partial charge in [-0.3, -0.25) is 4.68 Å². The average Bonchev–Trinajstić information content (AvgIpc) is 2.51. The van der Waals surface area contributed by atoms with Gasteiger partial charge in [0.15, 0.2) is 0 Å². The predicted octanol–water partition coefficient (Wildman–Crippen LogP) is 1.43. The third kappa shape index (κ3) is 1.82. The Hall–Kier alpha value is -0.900. The number of aromatic nitrogens is 2. The van der Waals surface area contributed by atoms with Gasteiger partial charge in [-0.05, 0) is 13.8 Å². The molecule has 0 radical (unpaired) electrons. The van der Waals surface area contributed by atoms with Gasteiger partial charge >= 0.3 is 0 Å².